The lowest BCUT2D eigenvalue weighted by atomic mass is 10.3. The van der Waals surface area contributed by atoms with Crippen LogP contribution in [0.2, 0.25) is 0 Å². The Hall–Kier alpha value is -2.64. The molecule has 2 aromatic rings. The van der Waals surface area contributed by atoms with Crippen LogP contribution in [0.3, 0.4) is 0 Å². The summed E-state index contributed by atoms with van der Waals surface area (Å²) in [7, 11) is 1.77. The summed E-state index contributed by atoms with van der Waals surface area (Å²) < 4.78 is 6.08. The summed E-state index contributed by atoms with van der Waals surface area (Å²) in [5.74, 6) is -2.17. The number of rotatable bonds is 4. The molecule has 0 unspecified atom stereocenters. The lowest BCUT2D eigenvalue weighted by Crippen LogP contribution is -2.23. The van der Waals surface area contributed by atoms with Crippen LogP contribution in [-0.4, -0.2) is 31.9 Å². The van der Waals surface area contributed by atoms with Crippen molar-refractivity contribution in [3.05, 3.63) is 35.5 Å². The van der Waals surface area contributed by atoms with Gasteiger partial charge in [0.15, 0.2) is 5.69 Å². The average molecular weight is 250 g/mol. The third kappa shape index (κ3) is 2.54. The Kier molecular flexibility index (Phi) is 3.09. The second kappa shape index (κ2) is 4.70. The number of aromatic nitrogens is 3. The fourth-order valence-corrected chi connectivity index (χ4v) is 1.30. The molecule has 0 aliphatic carbocycles. The Labute approximate surface area is 101 Å². The van der Waals surface area contributed by atoms with Gasteiger partial charge in [-0.25, -0.2) is 4.79 Å². The first-order valence-corrected chi connectivity index (χ1v) is 5.03. The third-order valence-electron chi connectivity index (χ3n) is 2.15. The molecule has 2 rings (SSSR count). The highest BCUT2D eigenvalue weighted by Crippen LogP contribution is 2.03. The number of carbonyl (C=O) groups excluding carboxylic acids is 1. The third-order valence-corrected chi connectivity index (χ3v) is 2.15. The van der Waals surface area contributed by atoms with Gasteiger partial charge in [0, 0.05) is 19.3 Å². The summed E-state index contributed by atoms with van der Waals surface area (Å²) in [5.41, 5.74) is 0.608. The molecular formula is C10H10N4O4. The van der Waals surface area contributed by atoms with Gasteiger partial charge in [-0.1, -0.05) is 5.16 Å². The van der Waals surface area contributed by atoms with Crippen molar-refractivity contribution < 1.29 is 19.2 Å². The van der Waals surface area contributed by atoms with Gasteiger partial charge in [-0.3, -0.25) is 9.48 Å². The zero-order valence-corrected chi connectivity index (χ0v) is 9.45. The quantitative estimate of drug-likeness (QED) is 0.792. The largest absolute Gasteiger partial charge is 0.475 e. The first-order chi connectivity index (χ1) is 8.56. The second-order valence-electron chi connectivity index (χ2n) is 3.54. The Morgan fingerprint density at radius 2 is 2.33 bits per heavy atom. The van der Waals surface area contributed by atoms with E-state index in [-0.39, 0.29) is 18.0 Å². The second-order valence-corrected chi connectivity index (χ2v) is 3.54. The van der Waals surface area contributed by atoms with E-state index in [2.05, 4.69) is 20.1 Å². The molecule has 0 aliphatic heterocycles. The summed E-state index contributed by atoms with van der Waals surface area (Å²) in [5, 5.41) is 18.6. The van der Waals surface area contributed by atoms with Crippen LogP contribution in [0.1, 0.15) is 26.7 Å². The number of hydrogen-bond acceptors (Lipinski definition) is 5. The monoisotopic (exact) mass is 250 g/mol. The standard InChI is InChI=1S/C10H10N4O4/c1-14-3-2-6(12-14)5-11-9(15)7-4-8(10(16)17)18-13-7/h2-4H,5H2,1H3,(H,11,15)(H,16,17). The Morgan fingerprint density at radius 3 is 2.89 bits per heavy atom. The van der Waals surface area contributed by atoms with Gasteiger partial charge in [-0.05, 0) is 6.07 Å². The summed E-state index contributed by atoms with van der Waals surface area (Å²) >= 11 is 0. The van der Waals surface area contributed by atoms with Gasteiger partial charge >= 0.3 is 5.97 Å². The molecule has 94 valence electrons. The normalized spacial score (nSPS) is 10.3. The minimum absolute atomic E-state index is 0.0802. The van der Waals surface area contributed by atoms with Crippen molar-refractivity contribution in [1.82, 2.24) is 20.3 Å². The Balaban J connectivity index is 1.97. The van der Waals surface area contributed by atoms with Gasteiger partial charge in [0.05, 0.1) is 12.2 Å². The van der Waals surface area contributed by atoms with Crippen molar-refractivity contribution in [3.8, 4) is 0 Å². The van der Waals surface area contributed by atoms with Crippen molar-refractivity contribution in [3.63, 3.8) is 0 Å². The molecule has 2 N–H and O–H groups in total. The van der Waals surface area contributed by atoms with Gasteiger partial charge in [0.1, 0.15) is 0 Å². The van der Waals surface area contributed by atoms with Crippen molar-refractivity contribution in [1.29, 1.82) is 0 Å². The number of aromatic carboxylic acids is 1. The Bertz CT molecular complexity index is 586. The Morgan fingerprint density at radius 1 is 1.56 bits per heavy atom. The van der Waals surface area contributed by atoms with E-state index in [1.165, 1.54) is 0 Å². The molecule has 0 fully saturated rings. The fraction of sp³-hybridized carbons (Fsp3) is 0.200. The number of carbonyl (C=O) groups is 2. The molecule has 2 aromatic heterocycles. The smallest absolute Gasteiger partial charge is 0.374 e. The van der Waals surface area contributed by atoms with E-state index in [0.29, 0.717) is 5.69 Å². The maximum atomic E-state index is 11.6. The van der Waals surface area contributed by atoms with Crippen LogP contribution < -0.4 is 5.32 Å². The number of nitrogens with one attached hydrogen (secondary N) is 1. The predicted molar refractivity (Wildman–Crippen MR) is 57.8 cm³/mol. The van der Waals surface area contributed by atoms with Crippen LogP contribution >= 0.6 is 0 Å². The molecule has 0 saturated heterocycles. The van der Waals surface area contributed by atoms with Gasteiger partial charge < -0.3 is 14.9 Å². The number of nitrogens with zero attached hydrogens (tertiary/aromatic N) is 3. The van der Waals surface area contributed by atoms with Crippen molar-refractivity contribution in [2.45, 2.75) is 6.54 Å². The number of amides is 1. The number of carboxylic acids is 1. The molecule has 0 atom stereocenters. The summed E-state index contributed by atoms with van der Waals surface area (Å²) in [6, 6.07) is 2.82. The molecular weight excluding hydrogens is 240 g/mol. The van der Waals surface area contributed by atoms with E-state index >= 15 is 0 Å². The van der Waals surface area contributed by atoms with Gasteiger partial charge in [0.2, 0.25) is 5.76 Å². The van der Waals surface area contributed by atoms with Crippen molar-refractivity contribution >= 4 is 11.9 Å². The molecule has 8 nitrogen and oxygen atoms in total. The van der Waals surface area contributed by atoms with Crippen LogP contribution in [0.15, 0.2) is 22.9 Å². The number of carboxylic acid groups (broad SMARTS) is 1. The zero-order chi connectivity index (χ0) is 13.1. The van der Waals surface area contributed by atoms with E-state index in [1.807, 2.05) is 0 Å². The molecule has 1 amide bonds. The molecule has 0 bridgehead atoms. The fourth-order valence-electron chi connectivity index (χ4n) is 1.30. The molecule has 18 heavy (non-hydrogen) atoms. The number of aryl methyl sites for hydroxylation is 1. The molecule has 2 heterocycles. The highest BCUT2D eigenvalue weighted by molar-refractivity contribution is 5.94. The van der Waals surface area contributed by atoms with E-state index in [1.54, 1.807) is 24.0 Å². The maximum absolute atomic E-state index is 11.6. The minimum Gasteiger partial charge on any atom is -0.475 e. The van der Waals surface area contributed by atoms with Crippen molar-refractivity contribution in [2.75, 3.05) is 0 Å². The molecule has 0 radical (unpaired) electrons. The van der Waals surface area contributed by atoms with Crippen LogP contribution in [-0.2, 0) is 13.6 Å². The van der Waals surface area contributed by atoms with E-state index in [0.717, 1.165) is 6.07 Å². The highest BCUT2D eigenvalue weighted by Gasteiger charge is 2.16. The first kappa shape index (κ1) is 11.8. The van der Waals surface area contributed by atoms with E-state index in [4.69, 9.17) is 5.11 Å². The minimum atomic E-state index is -1.27. The summed E-state index contributed by atoms with van der Waals surface area (Å²) in [6.45, 7) is 0.231. The maximum Gasteiger partial charge on any atom is 0.374 e. The zero-order valence-electron chi connectivity index (χ0n) is 9.45. The summed E-state index contributed by atoms with van der Waals surface area (Å²) in [6.07, 6.45) is 1.75. The average Bonchev–Trinajstić information content (AvgIpc) is 2.94. The van der Waals surface area contributed by atoms with E-state index in [9.17, 15) is 9.59 Å². The lowest BCUT2D eigenvalue weighted by Gasteiger charge is -1.98. The van der Waals surface area contributed by atoms with Crippen LogP contribution in [0, 0.1) is 0 Å². The predicted octanol–water partition coefficient (Wildman–Crippen LogP) is 0.0363. The van der Waals surface area contributed by atoms with Crippen molar-refractivity contribution in [2.24, 2.45) is 7.05 Å². The van der Waals surface area contributed by atoms with Gasteiger partial charge in [-0.15, -0.1) is 0 Å². The topological polar surface area (TPSA) is 110 Å². The lowest BCUT2D eigenvalue weighted by molar-refractivity contribution is 0.0651. The molecule has 0 aromatic carbocycles. The van der Waals surface area contributed by atoms with Gasteiger partial charge in [0.25, 0.3) is 5.91 Å². The van der Waals surface area contributed by atoms with E-state index < -0.39 is 11.9 Å². The van der Waals surface area contributed by atoms with Crippen LogP contribution in [0.5, 0.6) is 0 Å². The first-order valence-electron chi connectivity index (χ1n) is 5.03. The summed E-state index contributed by atoms with van der Waals surface area (Å²) in [4.78, 5) is 22.1. The molecule has 8 heteroatoms. The molecule has 0 saturated carbocycles. The molecule has 0 aliphatic rings. The van der Waals surface area contributed by atoms with Gasteiger partial charge in [-0.2, -0.15) is 5.10 Å². The van der Waals surface area contributed by atoms with Crippen LogP contribution in [0.4, 0.5) is 0 Å². The number of hydrogen-bond donors (Lipinski definition) is 2. The SMILES string of the molecule is Cn1ccc(CNC(=O)c2cc(C(=O)O)on2)n1. The highest BCUT2D eigenvalue weighted by atomic mass is 16.5. The van der Waals surface area contributed by atoms with Crippen LogP contribution in [0.25, 0.3) is 0 Å². The molecule has 0 spiro atoms.